The van der Waals surface area contributed by atoms with Crippen LogP contribution in [0.25, 0.3) is 0 Å². The maximum atomic E-state index is 13.5. The molecule has 0 aromatic heterocycles. The number of aliphatic hydroxyl groups is 1. The van der Waals surface area contributed by atoms with E-state index in [9.17, 15) is 9.50 Å². The summed E-state index contributed by atoms with van der Waals surface area (Å²) in [6.07, 6.45) is 0. The lowest BCUT2D eigenvalue weighted by Gasteiger charge is -2.23. The van der Waals surface area contributed by atoms with Gasteiger partial charge >= 0.3 is 0 Å². The Labute approximate surface area is 134 Å². The zero-order valence-corrected chi connectivity index (χ0v) is 13.3. The van der Waals surface area contributed by atoms with Gasteiger partial charge in [0, 0.05) is 11.1 Å². The van der Waals surface area contributed by atoms with Gasteiger partial charge in [-0.25, -0.2) is 4.39 Å². The minimum absolute atomic E-state index is 0.0513. The first kappa shape index (κ1) is 16.7. The van der Waals surface area contributed by atoms with Crippen LogP contribution in [0.1, 0.15) is 30.1 Å². The van der Waals surface area contributed by atoms with Crippen molar-refractivity contribution in [3.8, 4) is 5.75 Å². The highest BCUT2D eigenvalue weighted by Gasteiger charge is 2.16. The van der Waals surface area contributed by atoms with Crippen molar-refractivity contribution in [1.82, 2.24) is 5.32 Å². The van der Waals surface area contributed by atoms with Crippen molar-refractivity contribution in [2.24, 2.45) is 0 Å². The molecule has 0 radical (unpaired) electrons. The molecule has 2 N–H and O–H groups in total. The maximum absolute atomic E-state index is 13.5. The van der Waals surface area contributed by atoms with Gasteiger partial charge in [0.05, 0.1) is 19.8 Å². The third kappa shape index (κ3) is 3.97. The van der Waals surface area contributed by atoms with E-state index >= 15 is 0 Å². The standard InChI is InChI=1S/C17H19ClFNO2/c1-11(13-5-8-15(19)17(9-13)22-2)20-16(10-21)12-3-6-14(18)7-4-12/h3-9,11,16,20-21H,10H2,1-2H3. The monoisotopic (exact) mass is 323 g/mol. The summed E-state index contributed by atoms with van der Waals surface area (Å²) < 4.78 is 18.5. The largest absolute Gasteiger partial charge is 0.494 e. The van der Waals surface area contributed by atoms with Gasteiger partial charge in [-0.2, -0.15) is 0 Å². The molecular formula is C17H19ClFNO2. The molecule has 2 atom stereocenters. The highest BCUT2D eigenvalue weighted by molar-refractivity contribution is 6.30. The molecule has 0 aliphatic rings. The number of benzene rings is 2. The topological polar surface area (TPSA) is 41.5 Å². The van der Waals surface area contributed by atoms with E-state index in [4.69, 9.17) is 16.3 Å². The molecule has 0 amide bonds. The fourth-order valence-electron chi connectivity index (χ4n) is 2.29. The second-order valence-corrected chi connectivity index (χ2v) is 5.51. The van der Waals surface area contributed by atoms with E-state index in [2.05, 4.69) is 5.32 Å². The molecule has 0 saturated heterocycles. The average Bonchev–Trinajstić information content (AvgIpc) is 2.53. The normalized spacial score (nSPS) is 13.7. The number of halogens is 2. The highest BCUT2D eigenvalue weighted by Crippen LogP contribution is 2.25. The van der Waals surface area contributed by atoms with Crippen molar-refractivity contribution in [2.75, 3.05) is 13.7 Å². The SMILES string of the molecule is COc1cc(C(C)NC(CO)c2ccc(Cl)cc2)ccc1F. The Morgan fingerprint density at radius 2 is 1.82 bits per heavy atom. The smallest absolute Gasteiger partial charge is 0.165 e. The summed E-state index contributed by atoms with van der Waals surface area (Å²) in [5.41, 5.74) is 1.82. The summed E-state index contributed by atoms with van der Waals surface area (Å²) >= 11 is 5.88. The summed E-state index contributed by atoms with van der Waals surface area (Å²) in [4.78, 5) is 0. The van der Waals surface area contributed by atoms with Crippen LogP contribution in [-0.4, -0.2) is 18.8 Å². The van der Waals surface area contributed by atoms with Crippen LogP contribution < -0.4 is 10.1 Å². The first-order valence-electron chi connectivity index (χ1n) is 7.01. The van der Waals surface area contributed by atoms with Gasteiger partial charge in [-0.05, 0) is 42.3 Å². The van der Waals surface area contributed by atoms with Crippen molar-refractivity contribution in [3.05, 3.63) is 64.4 Å². The Morgan fingerprint density at radius 1 is 1.18 bits per heavy atom. The van der Waals surface area contributed by atoms with Crippen LogP contribution >= 0.6 is 11.6 Å². The number of methoxy groups -OCH3 is 1. The van der Waals surface area contributed by atoms with Crippen LogP contribution in [0.4, 0.5) is 4.39 Å². The quantitative estimate of drug-likeness (QED) is 0.848. The molecule has 3 nitrogen and oxygen atoms in total. The van der Waals surface area contributed by atoms with Gasteiger partial charge < -0.3 is 15.2 Å². The van der Waals surface area contributed by atoms with Gasteiger partial charge in [-0.1, -0.05) is 29.8 Å². The molecule has 0 heterocycles. The molecular weight excluding hydrogens is 305 g/mol. The third-order valence-corrected chi connectivity index (χ3v) is 3.83. The Bertz CT molecular complexity index is 619. The minimum Gasteiger partial charge on any atom is -0.494 e. The van der Waals surface area contributed by atoms with Gasteiger partial charge in [-0.3, -0.25) is 0 Å². The van der Waals surface area contributed by atoms with E-state index in [1.54, 1.807) is 24.3 Å². The number of hydrogen-bond acceptors (Lipinski definition) is 3. The first-order valence-corrected chi connectivity index (χ1v) is 7.38. The van der Waals surface area contributed by atoms with Gasteiger partial charge in [0.15, 0.2) is 11.6 Å². The highest BCUT2D eigenvalue weighted by atomic mass is 35.5. The van der Waals surface area contributed by atoms with Crippen molar-refractivity contribution >= 4 is 11.6 Å². The Hall–Kier alpha value is -1.62. The van der Waals surface area contributed by atoms with E-state index < -0.39 is 5.82 Å². The molecule has 2 aromatic rings. The molecule has 0 bridgehead atoms. The fraction of sp³-hybridized carbons (Fsp3) is 0.294. The van der Waals surface area contributed by atoms with Crippen LogP contribution in [0.15, 0.2) is 42.5 Å². The van der Waals surface area contributed by atoms with Crippen LogP contribution in [0.3, 0.4) is 0 Å². The number of aliphatic hydroxyl groups excluding tert-OH is 1. The molecule has 0 spiro atoms. The van der Waals surface area contributed by atoms with Crippen LogP contribution in [0.5, 0.6) is 5.75 Å². The zero-order valence-electron chi connectivity index (χ0n) is 12.5. The van der Waals surface area contributed by atoms with Gasteiger partial charge in [-0.15, -0.1) is 0 Å². The Kier molecular flexibility index (Phi) is 5.77. The molecule has 2 aromatic carbocycles. The second-order valence-electron chi connectivity index (χ2n) is 5.07. The molecule has 5 heteroatoms. The van der Waals surface area contributed by atoms with Gasteiger partial charge in [0.25, 0.3) is 0 Å². The predicted octanol–water partition coefficient (Wildman–Crippen LogP) is 3.87. The Balaban J connectivity index is 2.15. The number of nitrogens with one attached hydrogen (secondary N) is 1. The number of rotatable bonds is 6. The molecule has 118 valence electrons. The van der Waals surface area contributed by atoms with E-state index in [-0.39, 0.29) is 24.4 Å². The predicted molar refractivity (Wildman–Crippen MR) is 85.8 cm³/mol. The fourth-order valence-corrected chi connectivity index (χ4v) is 2.42. The molecule has 0 aliphatic heterocycles. The Morgan fingerprint density at radius 3 is 2.41 bits per heavy atom. The summed E-state index contributed by atoms with van der Waals surface area (Å²) in [5.74, 6) is -0.187. The summed E-state index contributed by atoms with van der Waals surface area (Å²) in [7, 11) is 1.44. The molecule has 22 heavy (non-hydrogen) atoms. The molecule has 0 fully saturated rings. The van der Waals surface area contributed by atoms with Crippen LogP contribution in [-0.2, 0) is 0 Å². The third-order valence-electron chi connectivity index (χ3n) is 3.58. The lowest BCUT2D eigenvalue weighted by Crippen LogP contribution is -2.27. The number of hydrogen-bond donors (Lipinski definition) is 2. The van der Waals surface area contributed by atoms with E-state index in [0.29, 0.717) is 5.02 Å². The molecule has 2 rings (SSSR count). The molecule has 0 saturated carbocycles. The van der Waals surface area contributed by atoms with E-state index in [0.717, 1.165) is 11.1 Å². The lowest BCUT2D eigenvalue weighted by atomic mass is 10.0. The minimum atomic E-state index is -0.394. The van der Waals surface area contributed by atoms with E-state index in [1.165, 1.54) is 13.2 Å². The van der Waals surface area contributed by atoms with Crippen molar-refractivity contribution in [2.45, 2.75) is 19.0 Å². The van der Waals surface area contributed by atoms with Crippen LogP contribution in [0.2, 0.25) is 5.02 Å². The van der Waals surface area contributed by atoms with E-state index in [1.807, 2.05) is 19.1 Å². The summed E-state index contributed by atoms with van der Waals surface area (Å²) in [6, 6.07) is 11.7. The summed E-state index contributed by atoms with van der Waals surface area (Å²) in [6.45, 7) is 1.90. The van der Waals surface area contributed by atoms with Crippen LogP contribution in [0, 0.1) is 5.82 Å². The zero-order chi connectivity index (χ0) is 16.1. The first-order chi connectivity index (χ1) is 10.5. The molecule has 0 aliphatic carbocycles. The summed E-state index contributed by atoms with van der Waals surface area (Å²) in [5, 5.41) is 13.6. The average molecular weight is 324 g/mol. The second kappa shape index (κ2) is 7.58. The molecule has 2 unspecified atom stereocenters. The van der Waals surface area contributed by atoms with Crippen molar-refractivity contribution in [3.63, 3.8) is 0 Å². The van der Waals surface area contributed by atoms with Gasteiger partial charge in [0.1, 0.15) is 0 Å². The van der Waals surface area contributed by atoms with Gasteiger partial charge in [0.2, 0.25) is 0 Å². The van der Waals surface area contributed by atoms with Crippen molar-refractivity contribution < 1.29 is 14.2 Å². The maximum Gasteiger partial charge on any atom is 0.165 e. The number of ether oxygens (including phenoxy) is 1. The van der Waals surface area contributed by atoms with Crippen molar-refractivity contribution in [1.29, 1.82) is 0 Å². The lowest BCUT2D eigenvalue weighted by molar-refractivity contribution is 0.235.